The molecule has 1 atom stereocenters. The van der Waals surface area contributed by atoms with Crippen molar-refractivity contribution in [1.82, 2.24) is 0 Å². The zero-order valence-corrected chi connectivity index (χ0v) is 11.1. The third kappa shape index (κ3) is 3.63. The number of benzene rings is 1. The molecule has 0 aliphatic heterocycles. The number of aldehydes is 1. The summed E-state index contributed by atoms with van der Waals surface area (Å²) in [5, 5.41) is 0.401. The van der Waals surface area contributed by atoms with Crippen LogP contribution in [0.5, 0.6) is 11.5 Å². The Balaban J connectivity index is 3.11. The van der Waals surface area contributed by atoms with Crippen LogP contribution < -0.4 is 9.47 Å². The number of rotatable bonds is 6. The predicted molar refractivity (Wildman–Crippen MR) is 68.4 cm³/mol. The van der Waals surface area contributed by atoms with Gasteiger partial charge in [0.05, 0.1) is 17.7 Å². The molecule has 0 unspecified atom stereocenters. The molecule has 0 radical (unpaired) electrons. The van der Waals surface area contributed by atoms with Gasteiger partial charge in [-0.15, -0.1) is 0 Å². The van der Waals surface area contributed by atoms with Crippen LogP contribution in [0.3, 0.4) is 0 Å². The minimum absolute atomic E-state index is 0.0498. The van der Waals surface area contributed by atoms with Gasteiger partial charge in [-0.2, -0.15) is 0 Å². The van der Waals surface area contributed by atoms with E-state index in [1.54, 1.807) is 12.1 Å². The molecule has 1 aromatic rings. The smallest absolute Gasteiger partial charge is 0.180 e. The first-order valence-electron chi connectivity index (χ1n) is 5.70. The molecule has 0 saturated carbocycles. The van der Waals surface area contributed by atoms with Crippen LogP contribution in [0.2, 0.25) is 5.02 Å². The van der Waals surface area contributed by atoms with Gasteiger partial charge in [0, 0.05) is 5.56 Å². The predicted octanol–water partition coefficient (Wildman–Crippen LogP) is 3.73. The molecule has 0 saturated heterocycles. The van der Waals surface area contributed by atoms with Gasteiger partial charge < -0.3 is 9.47 Å². The highest BCUT2D eigenvalue weighted by atomic mass is 35.5. The lowest BCUT2D eigenvalue weighted by Crippen LogP contribution is -2.11. The topological polar surface area (TPSA) is 35.5 Å². The Kier molecular flexibility index (Phi) is 5.29. The monoisotopic (exact) mass is 256 g/mol. The number of hydrogen-bond acceptors (Lipinski definition) is 3. The van der Waals surface area contributed by atoms with Crippen molar-refractivity contribution in [2.24, 2.45) is 0 Å². The van der Waals surface area contributed by atoms with E-state index in [2.05, 4.69) is 0 Å². The zero-order chi connectivity index (χ0) is 12.8. The van der Waals surface area contributed by atoms with Gasteiger partial charge in [-0.25, -0.2) is 0 Å². The molecule has 1 aromatic carbocycles. The Hall–Kier alpha value is -1.22. The maximum Gasteiger partial charge on any atom is 0.180 e. The van der Waals surface area contributed by atoms with E-state index in [-0.39, 0.29) is 6.10 Å². The van der Waals surface area contributed by atoms with Gasteiger partial charge in [-0.05, 0) is 32.4 Å². The van der Waals surface area contributed by atoms with E-state index < -0.39 is 0 Å². The lowest BCUT2D eigenvalue weighted by molar-refractivity contribution is 0.112. The van der Waals surface area contributed by atoms with Crippen molar-refractivity contribution >= 4 is 17.9 Å². The first-order valence-corrected chi connectivity index (χ1v) is 6.08. The maximum atomic E-state index is 10.7. The van der Waals surface area contributed by atoms with Crippen LogP contribution in [0.4, 0.5) is 0 Å². The zero-order valence-electron chi connectivity index (χ0n) is 10.3. The minimum atomic E-state index is 0.0498. The fourth-order valence-corrected chi connectivity index (χ4v) is 1.58. The molecule has 0 heterocycles. The Morgan fingerprint density at radius 2 is 2.12 bits per heavy atom. The normalized spacial score (nSPS) is 12.0. The Morgan fingerprint density at radius 3 is 2.65 bits per heavy atom. The van der Waals surface area contributed by atoms with Gasteiger partial charge in [0.25, 0.3) is 0 Å². The Labute approximate surface area is 107 Å². The van der Waals surface area contributed by atoms with Crippen LogP contribution in [0.25, 0.3) is 0 Å². The quantitative estimate of drug-likeness (QED) is 0.728. The molecular weight excluding hydrogens is 240 g/mol. The van der Waals surface area contributed by atoms with E-state index in [0.29, 0.717) is 28.7 Å². The molecule has 3 nitrogen and oxygen atoms in total. The lowest BCUT2D eigenvalue weighted by atomic mass is 10.2. The fraction of sp³-hybridized carbons (Fsp3) is 0.462. The Morgan fingerprint density at radius 1 is 1.41 bits per heavy atom. The van der Waals surface area contributed by atoms with Crippen LogP contribution in [0, 0.1) is 0 Å². The highest BCUT2D eigenvalue weighted by molar-refractivity contribution is 6.32. The number of hydrogen-bond donors (Lipinski definition) is 0. The van der Waals surface area contributed by atoms with Gasteiger partial charge in [-0.1, -0.05) is 18.5 Å². The van der Waals surface area contributed by atoms with Gasteiger partial charge in [-0.3, -0.25) is 4.79 Å². The molecule has 0 N–H and O–H groups in total. The summed E-state index contributed by atoms with van der Waals surface area (Å²) in [5.74, 6) is 1.02. The fourth-order valence-electron chi connectivity index (χ4n) is 1.32. The van der Waals surface area contributed by atoms with Crippen molar-refractivity contribution in [3.63, 3.8) is 0 Å². The summed E-state index contributed by atoms with van der Waals surface area (Å²) in [7, 11) is 0. The molecule has 0 aromatic heterocycles. The summed E-state index contributed by atoms with van der Waals surface area (Å²) in [6, 6.07) is 3.22. The summed E-state index contributed by atoms with van der Waals surface area (Å²) in [6.07, 6.45) is 1.66. The third-order valence-electron chi connectivity index (χ3n) is 2.36. The van der Waals surface area contributed by atoms with Crippen molar-refractivity contribution < 1.29 is 14.3 Å². The second-order valence-electron chi connectivity index (χ2n) is 3.72. The Bertz CT molecular complexity index is 390. The maximum absolute atomic E-state index is 10.7. The molecule has 0 fully saturated rings. The average molecular weight is 257 g/mol. The van der Waals surface area contributed by atoms with Crippen LogP contribution in [-0.2, 0) is 0 Å². The van der Waals surface area contributed by atoms with Gasteiger partial charge in [0.1, 0.15) is 6.29 Å². The standard InChI is InChI=1S/C13H17ClO3/c1-4-9(3)17-13-11(14)6-10(8-15)7-12(13)16-5-2/h6-9H,4-5H2,1-3H3/t9-/m0/s1. The molecular formula is C13H17ClO3. The van der Waals surface area contributed by atoms with E-state index >= 15 is 0 Å². The third-order valence-corrected chi connectivity index (χ3v) is 2.64. The van der Waals surface area contributed by atoms with Gasteiger partial charge in [0.15, 0.2) is 11.5 Å². The van der Waals surface area contributed by atoms with E-state index in [1.807, 2.05) is 20.8 Å². The summed E-state index contributed by atoms with van der Waals surface area (Å²) in [5.41, 5.74) is 0.481. The molecule has 0 aliphatic carbocycles. The average Bonchev–Trinajstić information content (AvgIpc) is 2.33. The van der Waals surface area contributed by atoms with E-state index in [1.165, 1.54) is 0 Å². The van der Waals surface area contributed by atoms with E-state index in [9.17, 15) is 4.79 Å². The second-order valence-corrected chi connectivity index (χ2v) is 4.12. The van der Waals surface area contributed by atoms with E-state index in [4.69, 9.17) is 21.1 Å². The molecule has 4 heteroatoms. The van der Waals surface area contributed by atoms with Crippen molar-refractivity contribution in [3.8, 4) is 11.5 Å². The first-order chi connectivity index (χ1) is 8.12. The van der Waals surface area contributed by atoms with Crippen molar-refractivity contribution in [2.75, 3.05) is 6.61 Å². The summed E-state index contributed by atoms with van der Waals surface area (Å²) in [6.45, 7) is 6.35. The largest absolute Gasteiger partial charge is 0.490 e. The number of ether oxygens (including phenoxy) is 2. The highest BCUT2D eigenvalue weighted by Gasteiger charge is 2.14. The molecule has 94 valence electrons. The van der Waals surface area contributed by atoms with Crippen molar-refractivity contribution in [2.45, 2.75) is 33.3 Å². The molecule has 17 heavy (non-hydrogen) atoms. The van der Waals surface area contributed by atoms with Crippen LogP contribution in [0.1, 0.15) is 37.6 Å². The van der Waals surface area contributed by atoms with E-state index in [0.717, 1.165) is 12.7 Å². The minimum Gasteiger partial charge on any atom is -0.490 e. The first kappa shape index (κ1) is 13.8. The SMILES string of the molecule is CCOc1cc(C=O)cc(Cl)c1O[C@@H](C)CC. The molecule has 0 amide bonds. The van der Waals surface area contributed by atoms with Gasteiger partial charge >= 0.3 is 0 Å². The summed E-state index contributed by atoms with van der Waals surface area (Å²) < 4.78 is 11.1. The number of carbonyl (C=O) groups is 1. The molecule has 0 aliphatic rings. The highest BCUT2D eigenvalue weighted by Crippen LogP contribution is 2.37. The van der Waals surface area contributed by atoms with Crippen molar-refractivity contribution in [1.29, 1.82) is 0 Å². The van der Waals surface area contributed by atoms with Crippen LogP contribution >= 0.6 is 11.6 Å². The molecule has 1 rings (SSSR count). The second kappa shape index (κ2) is 6.50. The number of halogens is 1. The van der Waals surface area contributed by atoms with Crippen LogP contribution in [-0.4, -0.2) is 19.0 Å². The van der Waals surface area contributed by atoms with Crippen LogP contribution in [0.15, 0.2) is 12.1 Å². The van der Waals surface area contributed by atoms with Crippen molar-refractivity contribution in [3.05, 3.63) is 22.7 Å². The number of carbonyl (C=O) groups excluding carboxylic acids is 1. The lowest BCUT2D eigenvalue weighted by Gasteiger charge is -2.17. The summed E-state index contributed by atoms with van der Waals surface area (Å²) >= 11 is 6.09. The molecule has 0 bridgehead atoms. The summed E-state index contributed by atoms with van der Waals surface area (Å²) in [4.78, 5) is 10.7. The van der Waals surface area contributed by atoms with Gasteiger partial charge in [0.2, 0.25) is 0 Å². The molecule has 0 spiro atoms.